The standard InChI is InChI=1S/C18H22N6O3S/c1-3-22-14(20-21-17(22)28)9-10-19-15(25)11-24-13-8-6-5-7-12(13)16(26)23(4-2)18(24)27/h5-8H,3-4,9-11H2,1-2H3,(H,19,25)(H,21,28). The second-order valence-electron chi connectivity index (χ2n) is 6.22. The number of para-hydroxylation sites is 1. The highest BCUT2D eigenvalue weighted by Crippen LogP contribution is 2.07. The number of nitrogens with zero attached hydrogens (tertiary/aromatic N) is 4. The Morgan fingerprint density at radius 3 is 2.57 bits per heavy atom. The molecule has 2 heterocycles. The fourth-order valence-corrected chi connectivity index (χ4v) is 3.46. The van der Waals surface area contributed by atoms with E-state index in [1.165, 1.54) is 4.57 Å². The lowest BCUT2D eigenvalue weighted by Crippen LogP contribution is -2.42. The summed E-state index contributed by atoms with van der Waals surface area (Å²) >= 11 is 5.15. The molecule has 0 unspecified atom stereocenters. The molecule has 0 bridgehead atoms. The lowest BCUT2D eigenvalue weighted by molar-refractivity contribution is -0.121. The van der Waals surface area contributed by atoms with E-state index in [2.05, 4.69) is 15.5 Å². The van der Waals surface area contributed by atoms with Crippen LogP contribution in [0.5, 0.6) is 0 Å². The first kappa shape index (κ1) is 19.7. The number of carbonyl (C=O) groups is 1. The number of rotatable bonds is 7. The Bertz CT molecular complexity index is 1190. The lowest BCUT2D eigenvalue weighted by atomic mass is 10.2. The van der Waals surface area contributed by atoms with Gasteiger partial charge in [-0.1, -0.05) is 12.1 Å². The second kappa shape index (κ2) is 8.34. The van der Waals surface area contributed by atoms with Gasteiger partial charge in [0.25, 0.3) is 5.56 Å². The van der Waals surface area contributed by atoms with Crippen LogP contribution in [0.2, 0.25) is 0 Å². The van der Waals surface area contributed by atoms with Gasteiger partial charge in [0.1, 0.15) is 12.4 Å². The highest BCUT2D eigenvalue weighted by molar-refractivity contribution is 7.71. The number of H-pyrrole nitrogens is 1. The third-order valence-corrected chi connectivity index (χ3v) is 4.89. The maximum absolute atomic E-state index is 12.7. The molecule has 0 atom stereocenters. The molecular formula is C18H22N6O3S. The van der Waals surface area contributed by atoms with E-state index < -0.39 is 5.69 Å². The number of fused-ring (bicyclic) bond motifs is 1. The van der Waals surface area contributed by atoms with Crippen molar-refractivity contribution in [2.75, 3.05) is 6.54 Å². The van der Waals surface area contributed by atoms with Crippen LogP contribution in [-0.4, -0.2) is 36.4 Å². The van der Waals surface area contributed by atoms with Crippen LogP contribution in [0.1, 0.15) is 19.7 Å². The van der Waals surface area contributed by atoms with E-state index >= 15 is 0 Å². The molecule has 0 aliphatic carbocycles. The van der Waals surface area contributed by atoms with Crippen LogP contribution < -0.4 is 16.6 Å². The summed E-state index contributed by atoms with van der Waals surface area (Å²) in [6.07, 6.45) is 0.511. The number of aromatic nitrogens is 5. The van der Waals surface area contributed by atoms with Gasteiger partial charge in [-0.05, 0) is 38.2 Å². The number of nitrogens with one attached hydrogen (secondary N) is 2. The molecule has 0 spiro atoms. The Hall–Kier alpha value is -3.01. The topological polar surface area (TPSA) is 107 Å². The molecule has 1 aromatic carbocycles. The Morgan fingerprint density at radius 2 is 1.86 bits per heavy atom. The minimum Gasteiger partial charge on any atom is -0.354 e. The minimum absolute atomic E-state index is 0.166. The number of benzene rings is 1. The molecular weight excluding hydrogens is 380 g/mol. The van der Waals surface area contributed by atoms with Crippen molar-refractivity contribution in [3.8, 4) is 0 Å². The van der Waals surface area contributed by atoms with Gasteiger partial charge >= 0.3 is 5.69 Å². The van der Waals surface area contributed by atoms with Crippen molar-refractivity contribution in [3.05, 3.63) is 55.7 Å². The number of amides is 1. The second-order valence-corrected chi connectivity index (χ2v) is 6.61. The molecule has 148 valence electrons. The molecule has 9 nitrogen and oxygen atoms in total. The number of carbonyl (C=O) groups excluding carboxylic acids is 1. The Kier molecular flexibility index (Phi) is 5.88. The van der Waals surface area contributed by atoms with Crippen molar-refractivity contribution >= 4 is 29.0 Å². The fourth-order valence-electron chi connectivity index (χ4n) is 3.18. The normalized spacial score (nSPS) is 11.1. The summed E-state index contributed by atoms with van der Waals surface area (Å²) in [4.78, 5) is 37.5. The zero-order valence-corrected chi connectivity index (χ0v) is 16.6. The predicted molar refractivity (Wildman–Crippen MR) is 108 cm³/mol. The molecule has 0 saturated heterocycles. The van der Waals surface area contributed by atoms with E-state index in [4.69, 9.17) is 12.2 Å². The van der Waals surface area contributed by atoms with Crippen molar-refractivity contribution in [1.29, 1.82) is 0 Å². The lowest BCUT2D eigenvalue weighted by Gasteiger charge is -2.13. The highest BCUT2D eigenvalue weighted by atomic mass is 32.1. The molecule has 0 fully saturated rings. The summed E-state index contributed by atoms with van der Waals surface area (Å²) in [6.45, 7) is 4.82. The molecule has 10 heteroatoms. The van der Waals surface area contributed by atoms with Crippen LogP contribution in [-0.2, 0) is 30.8 Å². The Balaban J connectivity index is 1.79. The summed E-state index contributed by atoms with van der Waals surface area (Å²) < 4.78 is 4.87. The van der Waals surface area contributed by atoms with Gasteiger partial charge in [-0.2, -0.15) is 5.10 Å². The zero-order chi connectivity index (χ0) is 20.3. The van der Waals surface area contributed by atoms with E-state index in [1.54, 1.807) is 31.2 Å². The van der Waals surface area contributed by atoms with Crippen LogP contribution in [0.15, 0.2) is 33.9 Å². The summed E-state index contributed by atoms with van der Waals surface area (Å²) in [7, 11) is 0. The molecule has 3 rings (SSSR count). The maximum atomic E-state index is 12.7. The molecule has 2 N–H and O–H groups in total. The molecule has 0 saturated carbocycles. The monoisotopic (exact) mass is 402 g/mol. The van der Waals surface area contributed by atoms with Gasteiger partial charge in [0.2, 0.25) is 5.91 Å². The molecule has 0 aliphatic rings. The van der Waals surface area contributed by atoms with Gasteiger partial charge in [-0.3, -0.25) is 23.8 Å². The van der Waals surface area contributed by atoms with Gasteiger partial charge in [0, 0.05) is 26.1 Å². The zero-order valence-electron chi connectivity index (χ0n) is 15.8. The third kappa shape index (κ3) is 3.68. The number of hydrogen-bond donors (Lipinski definition) is 2. The molecule has 3 aromatic rings. The van der Waals surface area contributed by atoms with Crippen molar-refractivity contribution in [3.63, 3.8) is 0 Å². The van der Waals surface area contributed by atoms with Crippen LogP contribution in [0, 0.1) is 4.77 Å². The van der Waals surface area contributed by atoms with Gasteiger partial charge in [0.05, 0.1) is 10.9 Å². The first-order valence-electron chi connectivity index (χ1n) is 9.11. The van der Waals surface area contributed by atoms with E-state index in [0.29, 0.717) is 35.2 Å². The first-order chi connectivity index (χ1) is 13.5. The maximum Gasteiger partial charge on any atom is 0.331 e. The largest absolute Gasteiger partial charge is 0.354 e. The van der Waals surface area contributed by atoms with E-state index in [1.807, 2.05) is 11.5 Å². The van der Waals surface area contributed by atoms with Crippen molar-refractivity contribution < 1.29 is 4.79 Å². The van der Waals surface area contributed by atoms with E-state index in [-0.39, 0.29) is 24.6 Å². The number of hydrogen-bond acceptors (Lipinski definition) is 5. The van der Waals surface area contributed by atoms with Crippen LogP contribution in [0.25, 0.3) is 10.9 Å². The third-order valence-electron chi connectivity index (χ3n) is 4.57. The quantitative estimate of drug-likeness (QED) is 0.569. The minimum atomic E-state index is -0.492. The van der Waals surface area contributed by atoms with Crippen molar-refractivity contribution in [2.45, 2.75) is 39.9 Å². The molecule has 1 amide bonds. The van der Waals surface area contributed by atoms with Crippen LogP contribution >= 0.6 is 12.2 Å². The van der Waals surface area contributed by atoms with Gasteiger partial charge in [-0.15, -0.1) is 0 Å². The Morgan fingerprint density at radius 1 is 1.14 bits per heavy atom. The van der Waals surface area contributed by atoms with Crippen molar-refractivity contribution in [2.24, 2.45) is 0 Å². The van der Waals surface area contributed by atoms with Gasteiger partial charge in [-0.25, -0.2) is 4.79 Å². The first-order valence-corrected chi connectivity index (χ1v) is 9.51. The van der Waals surface area contributed by atoms with Gasteiger partial charge in [0.15, 0.2) is 4.77 Å². The summed E-state index contributed by atoms with van der Waals surface area (Å²) in [5.41, 5.74) is -0.389. The van der Waals surface area contributed by atoms with Crippen LogP contribution in [0.4, 0.5) is 0 Å². The van der Waals surface area contributed by atoms with Crippen molar-refractivity contribution in [1.82, 2.24) is 29.2 Å². The average Bonchev–Trinajstić information content (AvgIpc) is 3.05. The molecule has 2 aromatic heterocycles. The van der Waals surface area contributed by atoms with E-state index in [9.17, 15) is 14.4 Å². The summed E-state index contributed by atoms with van der Waals surface area (Å²) in [5, 5.41) is 10.1. The molecule has 0 radical (unpaired) electrons. The smallest absolute Gasteiger partial charge is 0.331 e. The number of aromatic amines is 1. The van der Waals surface area contributed by atoms with E-state index in [0.717, 1.165) is 10.4 Å². The average molecular weight is 402 g/mol. The summed E-state index contributed by atoms with van der Waals surface area (Å²) in [6, 6.07) is 6.80. The Labute approximate surface area is 165 Å². The fraction of sp³-hybridized carbons (Fsp3) is 0.389. The van der Waals surface area contributed by atoms with Crippen LogP contribution in [0.3, 0.4) is 0 Å². The highest BCUT2D eigenvalue weighted by Gasteiger charge is 2.14. The predicted octanol–water partition coefficient (Wildman–Crippen LogP) is 0.816. The SMILES string of the molecule is CCn1c(CCNC(=O)Cn2c(=O)n(CC)c(=O)c3ccccc32)n[nH]c1=S. The van der Waals surface area contributed by atoms with Gasteiger partial charge < -0.3 is 9.88 Å². The molecule has 0 aliphatic heterocycles. The molecule has 28 heavy (non-hydrogen) atoms. The summed E-state index contributed by atoms with van der Waals surface area (Å²) in [5.74, 6) is 0.445.